The van der Waals surface area contributed by atoms with E-state index in [9.17, 15) is 14.3 Å². The summed E-state index contributed by atoms with van der Waals surface area (Å²) in [5, 5.41) is 9.21. The average molecular weight is 238 g/mol. The zero-order chi connectivity index (χ0) is 12.3. The van der Waals surface area contributed by atoms with Gasteiger partial charge in [-0.05, 0) is 37.0 Å². The number of hydrogen-bond donors (Lipinski definition) is 1. The first kappa shape index (κ1) is 12.0. The molecule has 2 unspecified atom stereocenters. The lowest BCUT2D eigenvalue weighted by molar-refractivity contribution is -0.139. The topological polar surface area (TPSA) is 46.5 Å². The van der Waals surface area contributed by atoms with E-state index in [1.807, 2.05) is 0 Å². The standard InChI is InChI=1S/C13H15FO3/c14-10-5-3-9(4-6-10)12(13(15)16)8-11-2-1-7-17-11/h3-6,11-12H,1-2,7-8H2,(H,15,16). The predicted molar refractivity (Wildman–Crippen MR) is 60.4 cm³/mol. The summed E-state index contributed by atoms with van der Waals surface area (Å²) in [7, 11) is 0. The van der Waals surface area contributed by atoms with Gasteiger partial charge in [0.2, 0.25) is 0 Å². The monoisotopic (exact) mass is 238 g/mol. The summed E-state index contributed by atoms with van der Waals surface area (Å²) >= 11 is 0. The molecule has 1 N–H and O–H groups in total. The zero-order valence-corrected chi connectivity index (χ0v) is 9.43. The Bertz CT molecular complexity index is 382. The molecule has 0 amide bonds. The molecule has 1 saturated heterocycles. The fourth-order valence-electron chi connectivity index (χ4n) is 2.17. The summed E-state index contributed by atoms with van der Waals surface area (Å²) in [5.41, 5.74) is 0.634. The maximum Gasteiger partial charge on any atom is 0.311 e. The van der Waals surface area contributed by atoms with Crippen LogP contribution in [0.5, 0.6) is 0 Å². The van der Waals surface area contributed by atoms with Crippen molar-refractivity contribution in [2.24, 2.45) is 0 Å². The first-order chi connectivity index (χ1) is 8.16. The number of carboxylic acid groups (broad SMARTS) is 1. The number of rotatable bonds is 4. The van der Waals surface area contributed by atoms with Gasteiger partial charge in [-0.3, -0.25) is 4.79 Å². The number of benzene rings is 1. The fraction of sp³-hybridized carbons (Fsp3) is 0.462. The Labute approximate surface area is 99.2 Å². The number of ether oxygens (including phenoxy) is 1. The van der Waals surface area contributed by atoms with Crippen molar-refractivity contribution in [1.29, 1.82) is 0 Å². The molecule has 1 fully saturated rings. The number of carbonyl (C=O) groups is 1. The maximum atomic E-state index is 12.8. The van der Waals surface area contributed by atoms with E-state index in [1.165, 1.54) is 24.3 Å². The van der Waals surface area contributed by atoms with Crippen LogP contribution in [0.4, 0.5) is 4.39 Å². The Kier molecular flexibility index (Phi) is 3.74. The van der Waals surface area contributed by atoms with E-state index in [0.717, 1.165) is 12.8 Å². The molecule has 0 bridgehead atoms. The maximum absolute atomic E-state index is 12.8. The van der Waals surface area contributed by atoms with Crippen LogP contribution in [-0.2, 0) is 9.53 Å². The van der Waals surface area contributed by atoms with Crippen LogP contribution in [0, 0.1) is 5.82 Å². The van der Waals surface area contributed by atoms with Crippen LogP contribution in [0.25, 0.3) is 0 Å². The van der Waals surface area contributed by atoms with Crippen molar-refractivity contribution in [3.63, 3.8) is 0 Å². The minimum absolute atomic E-state index is 0.0150. The van der Waals surface area contributed by atoms with Gasteiger partial charge in [0.25, 0.3) is 0 Å². The molecule has 1 aliphatic heterocycles. The summed E-state index contributed by atoms with van der Waals surface area (Å²) in [6.45, 7) is 0.709. The molecule has 0 spiro atoms. The predicted octanol–water partition coefficient (Wildman–Crippen LogP) is 2.56. The third kappa shape index (κ3) is 3.03. The molecule has 4 heteroatoms. The largest absolute Gasteiger partial charge is 0.481 e. The molecule has 0 radical (unpaired) electrons. The molecule has 1 aromatic carbocycles. The fourth-order valence-corrected chi connectivity index (χ4v) is 2.17. The van der Waals surface area contributed by atoms with Crippen LogP contribution in [0.1, 0.15) is 30.7 Å². The quantitative estimate of drug-likeness (QED) is 0.876. The van der Waals surface area contributed by atoms with Gasteiger partial charge < -0.3 is 9.84 Å². The molecular weight excluding hydrogens is 223 g/mol. The molecule has 17 heavy (non-hydrogen) atoms. The van der Waals surface area contributed by atoms with Crippen LogP contribution < -0.4 is 0 Å². The Morgan fingerprint density at radius 1 is 1.47 bits per heavy atom. The number of carboxylic acids is 1. The molecular formula is C13H15FO3. The molecule has 3 nitrogen and oxygen atoms in total. The van der Waals surface area contributed by atoms with Crippen LogP contribution in [0.3, 0.4) is 0 Å². The number of halogens is 1. The highest BCUT2D eigenvalue weighted by Gasteiger charge is 2.26. The van der Waals surface area contributed by atoms with Crippen molar-refractivity contribution in [2.75, 3.05) is 6.61 Å². The van der Waals surface area contributed by atoms with Gasteiger partial charge in [-0.1, -0.05) is 12.1 Å². The molecule has 92 valence electrons. The Balaban J connectivity index is 2.10. The lowest BCUT2D eigenvalue weighted by Crippen LogP contribution is -2.18. The summed E-state index contributed by atoms with van der Waals surface area (Å²) in [6, 6.07) is 5.65. The zero-order valence-electron chi connectivity index (χ0n) is 9.43. The molecule has 1 aromatic rings. The Morgan fingerprint density at radius 3 is 2.71 bits per heavy atom. The van der Waals surface area contributed by atoms with E-state index >= 15 is 0 Å². The highest BCUT2D eigenvalue weighted by molar-refractivity contribution is 5.76. The van der Waals surface area contributed by atoms with Crippen molar-refractivity contribution in [2.45, 2.75) is 31.3 Å². The molecule has 2 rings (SSSR count). The second kappa shape index (κ2) is 5.27. The van der Waals surface area contributed by atoms with E-state index in [0.29, 0.717) is 18.6 Å². The Hall–Kier alpha value is -1.42. The van der Waals surface area contributed by atoms with Gasteiger partial charge in [-0.2, -0.15) is 0 Å². The molecule has 0 aromatic heterocycles. The molecule has 2 atom stereocenters. The van der Waals surface area contributed by atoms with Crippen molar-refractivity contribution in [3.05, 3.63) is 35.6 Å². The summed E-state index contributed by atoms with van der Waals surface area (Å²) < 4.78 is 18.2. The lowest BCUT2D eigenvalue weighted by Gasteiger charge is -2.16. The first-order valence-electron chi connectivity index (χ1n) is 5.76. The van der Waals surface area contributed by atoms with Gasteiger partial charge in [0.1, 0.15) is 5.82 Å². The smallest absolute Gasteiger partial charge is 0.311 e. The minimum atomic E-state index is -0.882. The van der Waals surface area contributed by atoms with Crippen LogP contribution in [-0.4, -0.2) is 23.8 Å². The van der Waals surface area contributed by atoms with Crippen molar-refractivity contribution in [1.82, 2.24) is 0 Å². The molecule has 1 aliphatic rings. The second-order valence-electron chi connectivity index (χ2n) is 4.31. The highest BCUT2D eigenvalue weighted by atomic mass is 19.1. The molecule has 0 aliphatic carbocycles. The van der Waals surface area contributed by atoms with Crippen LogP contribution in [0.15, 0.2) is 24.3 Å². The normalized spacial score (nSPS) is 21.4. The third-order valence-electron chi connectivity index (χ3n) is 3.09. The van der Waals surface area contributed by atoms with E-state index in [-0.39, 0.29) is 11.9 Å². The van der Waals surface area contributed by atoms with Gasteiger partial charge in [-0.15, -0.1) is 0 Å². The van der Waals surface area contributed by atoms with Gasteiger partial charge in [0, 0.05) is 6.61 Å². The minimum Gasteiger partial charge on any atom is -0.481 e. The number of aliphatic carboxylic acids is 1. The van der Waals surface area contributed by atoms with Gasteiger partial charge >= 0.3 is 5.97 Å². The van der Waals surface area contributed by atoms with E-state index in [1.54, 1.807) is 0 Å². The summed E-state index contributed by atoms with van der Waals surface area (Å²) in [5.74, 6) is -1.85. The number of hydrogen-bond acceptors (Lipinski definition) is 2. The molecule has 0 saturated carbocycles. The van der Waals surface area contributed by atoms with Gasteiger partial charge in [0.05, 0.1) is 12.0 Å². The second-order valence-corrected chi connectivity index (χ2v) is 4.31. The van der Waals surface area contributed by atoms with E-state index in [4.69, 9.17) is 4.74 Å². The van der Waals surface area contributed by atoms with Crippen molar-refractivity contribution in [3.8, 4) is 0 Å². The summed E-state index contributed by atoms with van der Waals surface area (Å²) in [6.07, 6.45) is 2.37. The van der Waals surface area contributed by atoms with Crippen molar-refractivity contribution >= 4 is 5.97 Å². The van der Waals surface area contributed by atoms with E-state index < -0.39 is 11.9 Å². The van der Waals surface area contributed by atoms with Gasteiger partial charge in [-0.25, -0.2) is 4.39 Å². The third-order valence-corrected chi connectivity index (χ3v) is 3.09. The highest BCUT2D eigenvalue weighted by Crippen LogP contribution is 2.27. The summed E-state index contributed by atoms with van der Waals surface area (Å²) in [4.78, 5) is 11.2. The van der Waals surface area contributed by atoms with Crippen LogP contribution >= 0.6 is 0 Å². The first-order valence-corrected chi connectivity index (χ1v) is 5.76. The van der Waals surface area contributed by atoms with Gasteiger partial charge in [0.15, 0.2) is 0 Å². The Morgan fingerprint density at radius 2 is 2.18 bits per heavy atom. The van der Waals surface area contributed by atoms with Crippen LogP contribution in [0.2, 0.25) is 0 Å². The lowest BCUT2D eigenvalue weighted by atomic mass is 9.92. The van der Waals surface area contributed by atoms with Crippen molar-refractivity contribution < 1.29 is 19.0 Å². The molecule has 1 heterocycles. The van der Waals surface area contributed by atoms with E-state index in [2.05, 4.69) is 0 Å². The average Bonchev–Trinajstić information content (AvgIpc) is 2.80. The SMILES string of the molecule is O=C(O)C(CC1CCCO1)c1ccc(F)cc1.